The van der Waals surface area contributed by atoms with E-state index in [0.29, 0.717) is 19.0 Å². The first kappa shape index (κ1) is 16.4. The Labute approximate surface area is 143 Å². The Morgan fingerprint density at radius 2 is 2.12 bits per heavy atom. The van der Waals surface area contributed by atoms with Crippen LogP contribution in [-0.4, -0.2) is 41.2 Å². The molecule has 0 saturated carbocycles. The second-order valence-corrected chi connectivity index (χ2v) is 5.72. The van der Waals surface area contributed by atoms with Gasteiger partial charge in [0.25, 0.3) is 5.69 Å². The number of nitro groups is 1. The molecule has 9 heteroatoms. The van der Waals surface area contributed by atoms with Gasteiger partial charge in [-0.25, -0.2) is 9.97 Å². The number of halogens is 1. The van der Waals surface area contributed by atoms with Crippen LogP contribution in [0, 0.1) is 17.0 Å². The first-order valence-electron chi connectivity index (χ1n) is 7.42. The van der Waals surface area contributed by atoms with Crippen molar-refractivity contribution >= 4 is 34.6 Å². The summed E-state index contributed by atoms with van der Waals surface area (Å²) in [7, 11) is 0. The number of hydrogen-bond acceptors (Lipinski definition) is 7. The highest BCUT2D eigenvalue weighted by Crippen LogP contribution is 2.28. The average molecular weight is 350 g/mol. The van der Waals surface area contributed by atoms with Crippen molar-refractivity contribution in [3.05, 3.63) is 45.2 Å². The third-order valence-electron chi connectivity index (χ3n) is 3.70. The van der Waals surface area contributed by atoms with Crippen molar-refractivity contribution in [1.29, 1.82) is 0 Å². The van der Waals surface area contributed by atoms with E-state index in [2.05, 4.69) is 20.2 Å². The molecule has 0 unspecified atom stereocenters. The SMILES string of the molecule is Cc1nc(N2CCOCC2)ccc1Nc1ncc([N+](=O)[O-])cc1Cl. The van der Waals surface area contributed by atoms with Crippen LogP contribution in [0.3, 0.4) is 0 Å². The van der Waals surface area contributed by atoms with Crippen LogP contribution in [0.25, 0.3) is 0 Å². The van der Waals surface area contributed by atoms with Crippen LogP contribution in [0.4, 0.5) is 23.0 Å². The van der Waals surface area contributed by atoms with E-state index in [1.807, 2.05) is 19.1 Å². The summed E-state index contributed by atoms with van der Waals surface area (Å²) in [5, 5.41) is 14.0. The van der Waals surface area contributed by atoms with E-state index in [4.69, 9.17) is 16.3 Å². The molecule has 8 nitrogen and oxygen atoms in total. The first-order chi connectivity index (χ1) is 11.5. The third-order valence-corrected chi connectivity index (χ3v) is 3.98. The number of anilines is 3. The number of ether oxygens (including phenoxy) is 1. The van der Waals surface area contributed by atoms with Crippen molar-refractivity contribution < 1.29 is 9.66 Å². The molecule has 1 aliphatic rings. The van der Waals surface area contributed by atoms with Gasteiger partial charge in [0.15, 0.2) is 0 Å². The quantitative estimate of drug-likeness (QED) is 0.670. The molecule has 126 valence electrons. The van der Waals surface area contributed by atoms with E-state index in [9.17, 15) is 10.1 Å². The number of hydrogen-bond donors (Lipinski definition) is 1. The number of nitrogens with zero attached hydrogens (tertiary/aromatic N) is 4. The lowest BCUT2D eigenvalue weighted by atomic mass is 10.2. The molecule has 0 radical (unpaired) electrons. The summed E-state index contributed by atoms with van der Waals surface area (Å²) in [5.74, 6) is 1.25. The lowest BCUT2D eigenvalue weighted by Crippen LogP contribution is -2.36. The highest BCUT2D eigenvalue weighted by Gasteiger charge is 2.15. The van der Waals surface area contributed by atoms with Crippen LogP contribution in [0.2, 0.25) is 5.02 Å². The number of aryl methyl sites for hydroxylation is 1. The average Bonchev–Trinajstić information content (AvgIpc) is 2.59. The van der Waals surface area contributed by atoms with Crippen molar-refractivity contribution in [3.8, 4) is 0 Å². The minimum Gasteiger partial charge on any atom is -0.378 e. The van der Waals surface area contributed by atoms with E-state index in [-0.39, 0.29) is 10.7 Å². The molecule has 1 saturated heterocycles. The van der Waals surface area contributed by atoms with Crippen LogP contribution in [0.15, 0.2) is 24.4 Å². The second kappa shape index (κ2) is 6.98. The molecule has 1 aliphatic heterocycles. The number of morpholine rings is 1. The van der Waals surface area contributed by atoms with Gasteiger partial charge in [-0.1, -0.05) is 11.6 Å². The molecule has 0 aliphatic carbocycles. The van der Waals surface area contributed by atoms with Crippen LogP contribution < -0.4 is 10.2 Å². The van der Waals surface area contributed by atoms with E-state index in [1.54, 1.807) is 0 Å². The summed E-state index contributed by atoms with van der Waals surface area (Å²) in [6.07, 6.45) is 1.17. The van der Waals surface area contributed by atoms with E-state index in [0.717, 1.165) is 30.3 Å². The smallest absolute Gasteiger partial charge is 0.289 e. The van der Waals surface area contributed by atoms with Gasteiger partial charge in [-0.3, -0.25) is 10.1 Å². The lowest BCUT2D eigenvalue weighted by Gasteiger charge is -2.28. The summed E-state index contributed by atoms with van der Waals surface area (Å²) in [6, 6.07) is 5.08. The topological polar surface area (TPSA) is 93.4 Å². The summed E-state index contributed by atoms with van der Waals surface area (Å²) in [6.45, 7) is 4.90. The first-order valence-corrected chi connectivity index (χ1v) is 7.79. The summed E-state index contributed by atoms with van der Waals surface area (Å²) in [5.41, 5.74) is 1.38. The molecule has 3 rings (SSSR count). The Hall–Kier alpha value is -2.45. The summed E-state index contributed by atoms with van der Waals surface area (Å²) < 4.78 is 5.34. The molecule has 0 amide bonds. The van der Waals surface area contributed by atoms with Gasteiger partial charge in [-0.2, -0.15) is 0 Å². The molecule has 0 atom stereocenters. The normalized spacial score (nSPS) is 14.5. The van der Waals surface area contributed by atoms with Gasteiger partial charge < -0.3 is 15.0 Å². The van der Waals surface area contributed by atoms with Crippen molar-refractivity contribution in [2.75, 3.05) is 36.5 Å². The standard InChI is InChI=1S/C15H16ClN5O3/c1-10-13(2-3-14(18-10)20-4-6-24-7-5-20)19-15-12(16)8-11(9-17-15)21(22)23/h2-3,8-9H,4-7H2,1H3,(H,17,19). The van der Waals surface area contributed by atoms with Crippen LogP contribution in [-0.2, 0) is 4.74 Å². The zero-order valence-electron chi connectivity index (χ0n) is 13.0. The maximum atomic E-state index is 10.7. The fourth-order valence-corrected chi connectivity index (χ4v) is 2.60. The Balaban J connectivity index is 1.79. The lowest BCUT2D eigenvalue weighted by molar-refractivity contribution is -0.385. The predicted molar refractivity (Wildman–Crippen MR) is 91.2 cm³/mol. The molecule has 2 aromatic rings. The molecule has 1 fully saturated rings. The molecular weight excluding hydrogens is 334 g/mol. The highest BCUT2D eigenvalue weighted by atomic mass is 35.5. The zero-order valence-corrected chi connectivity index (χ0v) is 13.8. The summed E-state index contributed by atoms with van der Waals surface area (Å²) in [4.78, 5) is 21.0. The van der Waals surface area contributed by atoms with Crippen LogP contribution in [0.5, 0.6) is 0 Å². The number of pyridine rings is 2. The molecule has 0 aromatic carbocycles. The molecule has 0 bridgehead atoms. The van der Waals surface area contributed by atoms with Gasteiger partial charge in [-0.05, 0) is 19.1 Å². The number of nitrogens with one attached hydrogen (secondary N) is 1. The fourth-order valence-electron chi connectivity index (χ4n) is 2.40. The predicted octanol–water partition coefficient (Wildman–Crippen LogP) is 2.93. The third kappa shape index (κ3) is 3.55. The van der Waals surface area contributed by atoms with E-state index in [1.165, 1.54) is 12.3 Å². The molecule has 24 heavy (non-hydrogen) atoms. The van der Waals surface area contributed by atoms with Crippen molar-refractivity contribution in [3.63, 3.8) is 0 Å². The monoisotopic (exact) mass is 349 g/mol. The van der Waals surface area contributed by atoms with Gasteiger partial charge in [0.1, 0.15) is 17.8 Å². The van der Waals surface area contributed by atoms with E-state index >= 15 is 0 Å². The number of aromatic nitrogens is 2. The Kier molecular flexibility index (Phi) is 4.77. The van der Waals surface area contributed by atoms with Gasteiger partial charge >= 0.3 is 0 Å². The second-order valence-electron chi connectivity index (χ2n) is 5.31. The van der Waals surface area contributed by atoms with E-state index < -0.39 is 4.92 Å². The maximum absolute atomic E-state index is 10.7. The van der Waals surface area contributed by atoms with Crippen molar-refractivity contribution in [2.24, 2.45) is 0 Å². The maximum Gasteiger partial charge on any atom is 0.289 e. The Morgan fingerprint density at radius 1 is 1.38 bits per heavy atom. The molecular formula is C15H16ClN5O3. The van der Waals surface area contributed by atoms with Crippen LogP contribution in [0.1, 0.15) is 5.69 Å². The van der Waals surface area contributed by atoms with Gasteiger partial charge in [0.05, 0.1) is 34.5 Å². The van der Waals surface area contributed by atoms with Crippen LogP contribution >= 0.6 is 11.6 Å². The van der Waals surface area contributed by atoms with Crippen molar-refractivity contribution in [1.82, 2.24) is 9.97 Å². The van der Waals surface area contributed by atoms with Gasteiger partial charge in [0, 0.05) is 19.2 Å². The molecule has 3 heterocycles. The Morgan fingerprint density at radius 3 is 2.75 bits per heavy atom. The van der Waals surface area contributed by atoms with Crippen molar-refractivity contribution in [2.45, 2.75) is 6.92 Å². The minimum atomic E-state index is -0.535. The molecule has 1 N–H and O–H groups in total. The number of rotatable bonds is 4. The fraction of sp³-hybridized carbons (Fsp3) is 0.333. The highest BCUT2D eigenvalue weighted by molar-refractivity contribution is 6.33. The Bertz CT molecular complexity index is 765. The molecule has 2 aromatic heterocycles. The van der Waals surface area contributed by atoms with Gasteiger partial charge in [0.2, 0.25) is 0 Å². The largest absolute Gasteiger partial charge is 0.378 e. The zero-order chi connectivity index (χ0) is 17.1. The minimum absolute atomic E-state index is 0.150. The molecule has 0 spiro atoms. The summed E-state index contributed by atoms with van der Waals surface area (Å²) >= 11 is 6.06. The van der Waals surface area contributed by atoms with Gasteiger partial charge in [-0.15, -0.1) is 0 Å².